The van der Waals surface area contributed by atoms with E-state index < -0.39 is 5.43 Å². The number of hydrogen-bond donors (Lipinski definition) is 0. The molecule has 0 N–H and O–H groups in total. The van der Waals surface area contributed by atoms with Gasteiger partial charge in [-0.1, -0.05) is 0 Å². The molecule has 0 aliphatic heterocycles. The Labute approximate surface area is 68.7 Å². The molecule has 5 heteroatoms. The summed E-state index contributed by atoms with van der Waals surface area (Å²) in [5.74, 6) is 0. The predicted octanol–water partition coefficient (Wildman–Crippen LogP) is 1.30. The van der Waals surface area contributed by atoms with Gasteiger partial charge in [-0.3, -0.25) is 4.68 Å². The Morgan fingerprint density at radius 2 is 2.64 bits per heavy atom. The fourth-order valence-corrected chi connectivity index (χ4v) is 0.725. The van der Waals surface area contributed by atoms with Gasteiger partial charge in [-0.05, 0) is 6.07 Å². The second-order valence-corrected chi connectivity index (χ2v) is 2.32. The first-order valence-electron chi connectivity index (χ1n) is 2.99. The minimum absolute atomic E-state index is 0.128. The van der Waals surface area contributed by atoms with Crippen LogP contribution in [0.2, 0.25) is 0 Å². The average Bonchev–Trinajstić information content (AvgIpc) is 2.31. The molecule has 0 bridgehead atoms. The highest BCUT2D eigenvalue weighted by Crippen LogP contribution is 1.98. The fourth-order valence-electron chi connectivity index (χ4n) is 0.671. The number of carbonyl (C=O) groups excluding carboxylic acids is 1. The van der Waals surface area contributed by atoms with E-state index in [1.807, 2.05) is 0 Å². The highest BCUT2D eigenvalue weighted by atomic mass is 35.5. The largest absolute Gasteiger partial charge is 0.447 e. The highest BCUT2D eigenvalue weighted by molar-refractivity contribution is 6.61. The molecule has 0 aliphatic carbocycles. The number of carbonyl (C=O) groups is 1. The number of aryl methyl sites for hydroxylation is 1. The van der Waals surface area contributed by atoms with Gasteiger partial charge in [0.1, 0.15) is 6.61 Å². The van der Waals surface area contributed by atoms with Gasteiger partial charge in [0.15, 0.2) is 0 Å². The quantitative estimate of drug-likeness (QED) is 0.635. The van der Waals surface area contributed by atoms with Crippen molar-refractivity contribution < 1.29 is 9.53 Å². The van der Waals surface area contributed by atoms with Gasteiger partial charge in [0, 0.05) is 24.8 Å². The molecule has 4 nitrogen and oxygen atoms in total. The molecule has 11 heavy (non-hydrogen) atoms. The van der Waals surface area contributed by atoms with Gasteiger partial charge >= 0.3 is 5.43 Å². The van der Waals surface area contributed by atoms with Gasteiger partial charge in [-0.2, -0.15) is 5.10 Å². The van der Waals surface area contributed by atoms with Crippen LogP contribution in [-0.2, 0) is 18.4 Å². The van der Waals surface area contributed by atoms with E-state index in [1.54, 1.807) is 24.0 Å². The molecule has 1 heterocycles. The second kappa shape index (κ2) is 3.39. The number of nitrogens with zero attached hydrogens (tertiary/aromatic N) is 2. The second-order valence-electron chi connectivity index (χ2n) is 2.01. The molecule has 0 aliphatic rings. The van der Waals surface area contributed by atoms with Crippen LogP contribution in [0.1, 0.15) is 5.69 Å². The third-order valence-electron chi connectivity index (χ3n) is 1.10. The van der Waals surface area contributed by atoms with Crippen LogP contribution in [0.4, 0.5) is 4.79 Å². The van der Waals surface area contributed by atoms with Crippen LogP contribution in [0.3, 0.4) is 0 Å². The predicted molar refractivity (Wildman–Crippen MR) is 39.2 cm³/mol. The summed E-state index contributed by atoms with van der Waals surface area (Å²) in [5.41, 5.74) is -0.128. The Morgan fingerprint density at radius 1 is 1.91 bits per heavy atom. The minimum Gasteiger partial charge on any atom is -0.447 e. The lowest BCUT2D eigenvalue weighted by molar-refractivity contribution is 0.165. The van der Waals surface area contributed by atoms with Crippen LogP contribution in [0.25, 0.3) is 0 Å². The molecule has 1 aromatic heterocycles. The van der Waals surface area contributed by atoms with Gasteiger partial charge in [0.2, 0.25) is 0 Å². The maximum atomic E-state index is 10.1. The van der Waals surface area contributed by atoms with Crippen molar-refractivity contribution >= 4 is 17.0 Å². The van der Waals surface area contributed by atoms with Crippen molar-refractivity contribution in [3.8, 4) is 0 Å². The maximum Gasteiger partial charge on any atom is 0.404 e. The molecule has 1 aromatic rings. The van der Waals surface area contributed by atoms with Crippen molar-refractivity contribution in [2.24, 2.45) is 7.05 Å². The number of hydrogen-bond acceptors (Lipinski definition) is 3. The molecule has 0 radical (unpaired) electrons. The monoisotopic (exact) mass is 174 g/mol. The summed E-state index contributed by atoms with van der Waals surface area (Å²) in [6.07, 6.45) is 1.76. The van der Waals surface area contributed by atoms with Crippen LogP contribution in [-0.4, -0.2) is 15.2 Å². The molecule has 0 spiro atoms. The van der Waals surface area contributed by atoms with Crippen LogP contribution < -0.4 is 0 Å². The molecule has 0 fully saturated rings. The van der Waals surface area contributed by atoms with Crippen molar-refractivity contribution in [1.82, 2.24) is 9.78 Å². The van der Waals surface area contributed by atoms with Crippen LogP contribution in [0, 0.1) is 0 Å². The minimum atomic E-state index is -0.810. The van der Waals surface area contributed by atoms with Crippen molar-refractivity contribution in [1.29, 1.82) is 0 Å². The zero-order valence-electron chi connectivity index (χ0n) is 5.95. The van der Waals surface area contributed by atoms with Gasteiger partial charge < -0.3 is 4.74 Å². The first-order chi connectivity index (χ1) is 5.18. The van der Waals surface area contributed by atoms with E-state index in [1.165, 1.54) is 0 Å². The van der Waals surface area contributed by atoms with Gasteiger partial charge in [-0.15, -0.1) is 0 Å². The Hall–Kier alpha value is -1.03. The Morgan fingerprint density at radius 3 is 3.09 bits per heavy atom. The third kappa shape index (κ3) is 2.59. The highest BCUT2D eigenvalue weighted by Gasteiger charge is 1.99. The van der Waals surface area contributed by atoms with E-state index in [0.29, 0.717) is 5.69 Å². The molecule has 1 rings (SSSR count). The first kappa shape index (κ1) is 8.07. The van der Waals surface area contributed by atoms with E-state index in [-0.39, 0.29) is 6.61 Å². The summed E-state index contributed by atoms with van der Waals surface area (Å²) in [7, 11) is 1.78. The van der Waals surface area contributed by atoms with E-state index in [0.717, 1.165) is 0 Å². The smallest absolute Gasteiger partial charge is 0.404 e. The lowest BCUT2D eigenvalue weighted by atomic mass is 10.5. The van der Waals surface area contributed by atoms with E-state index in [2.05, 4.69) is 9.84 Å². The molecular weight excluding hydrogens is 168 g/mol. The summed E-state index contributed by atoms with van der Waals surface area (Å²) < 4.78 is 6.11. The average molecular weight is 175 g/mol. The molecule has 0 saturated carbocycles. The van der Waals surface area contributed by atoms with Crippen LogP contribution in [0.5, 0.6) is 0 Å². The lowest BCUT2D eigenvalue weighted by Crippen LogP contribution is -1.96. The molecule has 0 aromatic carbocycles. The standard InChI is InChI=1S/C6H7ClN2O2/c1-9-3-2-5(8-9)4-11-6(7)10/h2-3H,4H2,1H3. The number of halogens is 1. The third-order valence-corrected chi connectivity index (χ3v) is 1.21. The molecular formula is C6H7ClN2O2. The van der Waals surface area contributed by atoms with E-state index >= 15 is 0 Å². The van der Waals surface area contributed by atoms with E-state index in [4.69, 9.17) is 11.6 Å². The molecule has 0 saturated heterocycles. The Kier molecular flexibility index (Phi) is 2.48. The van der Waals surface area contributed by atoms with Crippen molar-refractivity contribution in [3.63, 3.8) is 0 Å². The summed E-state index contributed by atoms with van der Waals surface area (Å²) in [5, 5.41) is 3.96. The molecule has 0 amide bonds. The van der Waals surface area contributed by atoms with Crippen LogP contribution >= 0.6 is 11.6 Å². The number of aromatic nitrogens is 2. The van der Waals surface area contributed by atoms with Crippen molar-refractivity contribution in [3.05, 3.63) is 18.0 Å². The topological polar surface area (TPSA) is 44.1 Å². The van der Waals surface area contributed by atoms with Crippen molar-refractivity contribution in [2.75, 3.05) is 0 Å². The van der Waals surface area contributed by atoms with Crippen molar-refractivity contribution in [2.45, 2.75) is 6.61 Å². The summed E-state index contributed by atoms with van der Waals surface area (Å²) in [6, 6.07) is 1.75. The summed E-state index contributed by atoms with van der Waals surface area (Å²) in [4.78, 5) is 10.1. The summed E-state index contributed by atoms with van der Waals surface area (Å²) >= 11 is 4.94. The zero-order chi connectivity index (χ0) is 8.27. The van der Waals surface area contributed by atoms with Gasteiger partial charge in [-0.25, -0.2) is 4.79 Å². The van der Waals surface area contributed by atoms with Gasteiger partial charge in [0.25, 0.3) is 0 Å². The lowest BCUT2D eigenvalue weighted by Gasteiger charge is -1.94. The van der Waals surface area contributed by atoms with Crippen LogP contribution in [0.15, 0.2) is 12.3 Å². The molecule has 0 atom stereocenters. The first-order valence-corrected chi connectivity index (χ1v) is 3.37. The Balaban J connectivity index is 2.45. The molecule has 0 unspecified atom stereocenters. The molecule has 60 valence electrons. The number of ether oxygens (including phenoxy) is 1. The Bertz CT molecular complexity index is 259. The van der Waals surface area contributed by atoms with E-state index in [9.17, 15) is 4.79 Å². The summed E-state index contributed by atoms with van der Waals surface area (Å²) in [6.45, 7) is 0.128. The van der Waals surface area contributed by atoms with Gasteiger partial charge in [0.05, 0.1) is 5.69 Å². The zero-order valence-corrected chi connectivity index (χ0v) is 6.71. The number of rotatable bonds is 2. The fraction of sp³-hybridized carbons (Fsp3) is 0.333. The normalized spacial score (nSPS) is 9.64. The SMILES string of the molecule is Cn1ccc(COC(=O)Cl)n1. The maximum absolute atomic E-state index is 10.1.